The highest BCUT2D eigenvalue weighted by atomic mass is 35.5. The lowest BCUT2D eigenvalue weighted by atomic mass is 10.2. The van der Waals surface area contributed by atoms with Crippen LogP contribution in [0.25, 0.3) is 0 Å². The van der Waals surface area contributed by atoms with E-state index >= 15 is 0 Å². The van der Waals surface area contributed by atoms with Gasteiger partial charge in [0.1, 0.15) is 0 Å². The minimum Gasteiger partial charge on any atom is -0.416 e. The maximum Gasteiger partial charge on any atom is 0.276 e. The van der Waals surface area contributed by atoms with Gasteiger partial charge in [-0.25, -0.2) is 0 Å². The smallest absolute Gasteiger partial charge is 0.276 e. The zero-order valence-corrected chi connectivity index (χ0v) is 12.2. The molecule has 6 heteroatoms. The summed E-state index contributed by atoms with van der Waals surface area (Å²) in [6.45, 7) is 0.947. The van der Waals surface area contributed by atoms with E-state index < -0.39 is 0 Å². The largest absolute Gasteiger partial charge is 0.416 e. The SMILES string of the molecule is [NH3+]CCCCc1nnc(SCc2ccccc2Cl)o1. The predicted molar refractivity (Wildman–Crippen MR) is 76.0 cm³/mol. The number of benzene rings is 1. The van der Waals surface area contributed by atoms with Crippen molar-refractivity contribution in [1.29, 1.82) is 0 Å². The number of hydrogen-bond donors (Lipinski definition) is 1. The van der Waals surface area contributed by atoms with Gasteiger partial charge in [0.05, 0.1) is 6.54 Å². The van der Waals surface area contributed by atoms with Gasteiger partial charge in [-0.3, -0.25) is 0 Å². The maximum absolute atomic E-state index is 6.09. The van der Waals surface area contributed by atoms with Crippen LogP contribution >= 0.6 is 23.4 Å². The van der Waals surface area contributed by atoms with Crippen molar-refractivity contribution in [2.24, 2.45) is 0 Å². The van der Waals surface area contributed by atoms with Crippen LogP contribution in [0.3, 0.4) is 0 Å². The van der Waals surface area contributed by atoms with E-state index in [1.54, 1.807) is 0 Å². The fourth-order valence-electron chi connectivity index (χ4n) is 1.61. The van der Waals surface area contributed by atoms with E-state index in [4.69, 9.17) is 16.0 Å². The molecule has 2 aromatic rings. The zero-order chi connectivity index (χ0) is 13.5. The molecule has 1 aromatic heterocycles. The molecule has 1 aromatic carbocycles. The van der Waals surface area contributed by atoms with Crippen molar-refractivity contribution in [3.8, 4) is 0 Å². The Morgan fingerprint density at radius 1 is 1.21 bits per heavy atom. The van der Waals surface area contributed by atoms with Gasteiger partial charge < -0.3 is 10.2 Å². The van der Waals surface area contributed by atoms with E-state index in [0.29, 0.717) is 11.1 Å². The summed E-state index contributed by atoms with van der Waals surface area (Å²) >= 11 is 7.60. The third-order valence-corrected chi connectivity index (χ3v) is 3.88. The van der Waals surface area contributed by atoms with Gasteiger partial charge in [-0.1, -0.05) is 41.6 Å². The Labute approximate surface area is 121 Å². The van der Waals surface area contributed by atoms with E-state index in [2.05, 4.69) is 15.9 Å². The molecule has 0 atom stereocenters. The van der Waals surface area contributed by atoms with Gasteiger partial charge in [-0.2, -0.15) is 0 Å². The van der Waals surface area contributed by atoms with E-state index in [9.17, 15) is 0 Å². The zero-order valence-electron chi connectivity index (χ0n) is 10.6. The lowest BCUT2D eigenvalue weighted by Gasteiger charge is -2.00. The Balaban J connectivity index is 1.85. The molecule has 0 unspecified atom stereocenters. The molecule has 19 heavy (non-hydrogen) atoms. The molecule has 0 aliphatic rings. The molecule has 0 fully saturated rings. The Morgan fingerprint density at radius 3 is 2.84 bits per heavy atom. The molecule has 0 aliphatic carbocycles. The number of nitrogens with zero attached hydrogens (tertiary/aromatic N) is 2. The molecule has 0 radical (unpaired) electrons. The fraction of sp³-hybridized carbons (Fsp3) is 0.385. The second-order valence-electron chi connectivity index (χ2n) is 4.15. The number of rotatable bonds is 7. The van der Waals surface area contributed by atoms with Crippen molar-refractivity contribution >= 4 is 23.4 Å². The van der Waals surface area contributed by atoms with Crippen molar-refractivity contribution in [3.05, 3.63) is 40.7 Å². The Morgan fingerprint density at radius 2 is 2.05 bits per heavy atom. The van der Waals surface area contributed by atoms with Crippen molar-refractivity contribution < 1.29 is 10.2 Å². The van der Waals surface area contributed by atoms with Crippen molar-refractivity contribution in [3.63, 3.8) is 0 Å². The molecular formula is C13H17ClN3OS+. The highest BCUT2D eigenvalue weighted by Crippen LogP contribution is 2.25. The van der Waals surface area contributed by atoms with Crippen LogP contribution in [0.4, 0.5) is 0 Å². The number of aromatic nitrogens is 2. The molecule has 0 saturated carbocycles. The third kappa shape index (κ3) is 4.53. The van der Waals surface area contributed by atoms with Gasteiger partial charge in [0.25, 0.3) is 5.22 Å². The Hall–Kier alpha value is -1.04. The summed E-state index contributed by atoms with van der Waals surface area (Å²) in [5.74, 6) is 1.44. The number of hydrogen-bond acceptors (Lipinski definition) is 4. The van der Waals surface area contributed by atoms with E-state index in [1.807, 2.05) is 24.3 Å². The van der Waals surface area contributed by atoms with Gasteiger partial charge in [0, 0.05) is 17.2 Å². The topological polar surface area (TPSA) is 66.6 Å². The predicted octanol–water partition coefficient (Wildman–Crippen LogP) is 2.58. The number of quaternary nitrogens is 1. The maximum atomic E-state index is 6.09. The second-order valence-corrected chi connectivity index (χ2v) is 5.49. The molecule has 3 N–H and O–H groups in total. The van der Waals surface area contributed by atoms with Gasteiger partial charge >= 0.3 is 0 Å². The van der Waals surface area contributed by atoms with Crippen LogP contribution in [-0.4, -0.2) is 16.7 Å². The van der Waals surface area contributed by atoms with Gasteiger partial charge in [0.15, 0.2) is 0 Å². The summed E-state index contributed by atoms with van der Waals surface area (Å²) in [5.41, 5.74) is 4.89. The first-order valence-electron chi connectivity index (χ1n) is 6.27. The van der Waals surface area contributed by atoms with Crippen LogP contribution in [0.1, 0.15) is 24.3 Å². The normalized spacial score (nSPS) is 10.8. The fourth-order valence-corrected chi connectivity index (χ4v) is 2.67. The average Bonchev–Trinajstić information content (AvgIpc) is 2.86. The lowest BCUT2D eigenvalue weighted by molar-refractivity contribution is -0.368. The molecule has 0 amide bonds. The first kappa shape index (κ1) is 14.4. The number of halogens is 1. The van der Waals surface area contributed by atoms with Crippen LogP contribution in [0.2, 0.25) is 5.02 Å². The summed E-state index contributed by atoms with van der Waals surface area (Å²) in [6.07, 6.45) is 2.96. The van der Waals surface area contributed by atoms with Crippen LogP contribution in [-0.2, 0) is 12.2 Å². The molecule has 1 heterocycles. The quantitative estimate of drug-likeness (QED) is 0.630. The Bertz CT molecular complexity index is 518. The van der Waals surface area contributed by atoms with Crippen molar-refractivity contribution in [2.45, 2.75) is 30.2 Å². The highest BCUT2D eigenvalue weighted by Gasteiger charge is 2.08. The molecule has 0 spiro atoms. The van der Waals surface area contributed by atoms with Crippen LogP contribution < -0.4 is 5.73 Å². The molecule has 102 valence electrons. The summed E-state index contributed by atoms with van der Waals surface area (Å²) < 4.78 is 5.57. The van der Waals surface area contributed by atoms with Crippen LogP contribution in [0.15, 0.2) is 33.9 Å². The summed E-state index contributed by atoms with van der Waals surface area (Å²) in [6, 6.07) is 7.78. The minimum atomic E-state index is 0.601. The van der Waals surface area contributed by atoms with E-state index in [-0.39, 0.29) is 0 Å². The number of unbranched alkanes of at least 4 members (excludes halogenated alkanes) is 1. The minimum absolute atomic E-state index is 0.601. The number of thioether (sulfide) groups is 1. The van der Waals surface area contributed by atoms with Crippen molar-refractivity contribution in [1.82, 2.24) is 10.2 Å². The van der Waals surface area contributed by atoms with Crippen molar-refractivity contribution in [2.75, 3.05) is 6.54 Å². The highest BCUT2D eigenvalue weighted by molar-refractivity contribution is 7.98. The summed E-state index contributed by atoms with van der Waals surface area (Å²) in [5, 5.41) is 9.43. The van der Waals surface area contributed by atoms with Gasteiger partial charge in [-0.15, -0.1) is 10.2 Å². The van der Waals surface area contributed by atoms with Gasteiger partial charge in [0.2, 0.25) is 5.89 Å². The molecular weight excluding hydrogens is 282 g/mol. The first-order chi connectivity index (χ1) is 9.29. The second kappa shape index (κ2) is 7.53. The van der Waals surface area contributed by atoms with Crippen LogP contribution in [0, 0.1) is 0 Å². The third-order valence-electron chi connectivity index (χ3n) is 2.65. The first-order valence-corrected chi connectivity index (χ1v) is 7.64. The molecule has 4 nitrogen and oxygen atoms in total. The Kier molecular flexibility index (Phi) is 5.69. The average molecular weight is 299 g/mol. The van der Waals surface area contributed by atoms with E-state index in [0.717, 1.165) is 42.1 Å². The molecule has 0 bridgehead atoms. The molecule has 0 aliphatic heterocycles. The van der Waals surface area contributed by atoms with Crippen LogP contribution in [0.5, 0.6) is 0 Å². The monoisotopic (exact) mass is 298 g/mol. The number of aryl methyl sites for hydroxylation is 1. The lowest BCUT2D eigenvalue weighted by Crippen LogP contribution is -2.50. The van der Waals surface area contributed by atoms with Gasteiger partial charge in [-0.05, 0) is 24.5 Å². The van der Waals surface area contributed by atoms with E-state index in [1.165, 1.54) is 11.8 Å². The summed E-state index contributed by atoms with van der Waals surface area (Å²) in [4.78, 5) is 0. The molecule has 2 rings (SSSR count). The summed E-state index contributed by atoms with van der Waals surface area (Å²) in [7, 11) is 0. The molecule has 0 saturated heterocycles. The standard InChI is InChI=1S/C13H16ClN3OS/c14-11-6-2-1-5-10(11)9-19-13-17-16-12(18-13)7-3-4-8-15/h1-2,5-6H,3-4,7-9,15H2/p+1.